The normalized spacial score (nSPS) is 10.1. The minimum atomic E-state index is 0.215. The molecule has 1 heterocycles. The van der Waals surface area contributed by atoms with Crippen molar-refractivity contribution in [3.8, 4) is 5.88 Å². The summed E-state index contributed by atoms with van der Waals surface area (Å²) in [5.41, 5.74) is 6.89. The first-order valence-electron chi connectivity index (χ1n) is 5.14. The van der Waals surface area contributed by atoms with Crippen molar-refractivity contribution >= 4 is 28.8 Å². The Labute approximate surface area is 115 Å². The van der Waals surface area contributed by atoms with Gasteiger partial charge in [0.2, 0.25) is 5.88 Å². The molecule has 1 aromatic heterocycles. The highest BCUT2D eigenvalue weighted by atomic mass is 35.5. The van der Waals surface area contributed by atoms with Crippen molar-refractivity contribution in [3.63, 3.8) is 0 Å². The van der Waals surface area contributed by atoms with E-state index < -0.39 is 0 Å². The summed E-state index contributed by atoms with van der Waals surface area (Å²) in [6.07, 6.45) is 2.98. The van der Waals surface area contributed by atoms with Gasteiger partial charge in [-0.25, -0.2) is 9.97 Å². The number of aromatic nitrogens is 2. The average molecular weight is 280 g/mol. The van der Waals surface area contributed by atoms with Gasteiger partial charge in [0, 0.05) is 5.02 Å². The van der Waals surface area contributed by atoms with Crippen LogP contribution in [-0.2, 0) is 6.61 Å². The minimum Gasteiger partial charge on any atom is -0.472 e. The number of nitrogens with zero attached hydrogens (tertiary/aromatic N) is 2. The van der Waals surface area contributed by atoms with Crippen LogP contribution in [0.2, 0.25) is 5.02 Å². The zero-order valence-electron chi connectivity index (χ0n) is 9.34. The highest BCUT2D eigenvalue weighted by Crippen LogP contribution is 2.12. The number of hydrogen-bond acceptors (Lipinski definition) is 4. The predicted molar refractivity (Wildman–Crippen MR) is 73.7 cm³/mol. The summed E-state index contributed by atoms with van der Waals surface area (Å²) in [6, 6.07) is 7.39. The summed E-state index contributed by atoms with van der Waals surface area (Å²) in [5.74, 6) is 0.421. The largest absolute Gasteiger partial charge is 0.472 e. The van der Waals surface area contributed by atoms with E-state index in [0.29, 0.717) is 23.2 Å². The molecular formula is C12H10ClN3OS. The van der Waals surface area contributed by atoms with Crippen LogP contribution in [-0.4, -0.2) is 15.0 Å². The molecule has 6 heteroatoms. The predicted octanol–water partition coefficient (Wildman–Crippen LogP) is 2.34. The average Bonchev–Trinajstić information content (AvgIpc) is 2.38. The van der Waals surface area contributed by atoms with Gasteiger partial charge in [0.1, 0.15) is 17.3 Å². The fraction of sp³-hybridized carbons (Fsp3) is 0.0833. The van der Waals surface area contributed by atoms with Crippen LogP contribution in [0.5, 0.6) is 5.88 Å². The van der Waals surface area contributed by atoms with E-state index in [9.17, 15) is 0 Å². The quantitative estimate of drug-likeness (QED) is 0.871. The first-order valence-corrected chi connectivity index (χ1v) is 5.93. The topological polar surface area (TPSA) is 61.0 Å². The summed E-state index contributed by atoms with van der Waals surface area (Å²) in [6.45, 7) is 0.401. The van der Waals surface area contributed by atoms with E-state index in [1.807, 2.05) is 24.3 Å². The Morgan fingerprint density at radius 1 is 1.22 bits per heavy atom. The highest BCUT2D eigenvalue weighted by Gasteiger charge is 2.01. The molecule has 0 fully saturated rings. The maximum atomic E-state index is 5.79. The van der Waals surface area contributed by atoms with Crippen molar-refractivity contribution in [2.75, 3.05) is 0 Å². The molecule has 0 amide bonds. The number of thiocarbonyl (C=S) groups is 1. The minimum absolute atomic E-state index is 0.215. The monoisotopic (exact) mass is 279 g/mol. The molecule has 0 spiro atoms. The maximum absolute atomic E-state index is 5.79. The molecule has 2 rings (SSSR count). The van der Waals surface area contributed by atoms with Crippen molar-refractivity contribution in [3.05, 3.63) is 52.9 Å². The maximum Gasteiger partial charge on any atom is 0.232 e. The first-order chi connectivity index (χ1) is 8.65. The van der Waals surface area contributed by atoms with Crippen LogP contribution >= 0.6 is 23.8 Å². The lowest BCUT2D eigenvalue weighted by Gasteiger charge is -2.05. The zero-order valence-corrected chi connectivity index (χ0v) is 10.9. The van der Waals surface area contributed by atoms with E-state index >= 15 is 0 Å². The molecule has 92 valence electrons. The molecule has 0 saturated carbocycles. The fourth-order valence-corrected chi connectivity index (χ4v) is 1.49. The lowest BCUT2D eigenvalue weighted by atomic mass is 10.2. The second-order valence-electron chi connectivity index (χ2n) is 3.52. The Bertz CT molecular complexity index is 542. The van der Waals surface area contributed by atoms with Gasteiger partial charge in [-0.1, -0.05) is 36.0 Å². The molecule has 2 N–H and O–H groups in total. The molecule has 0 saturated heterocycles. The molecule has 0 atom stereocenters. The van der Waals surface area contributed by atoms with Gasteiger partial charge in [-0.3, -0.25) is 0 Å². The summed E-state index contributed by atoms with van der Waals surface area (Å²) in [4.78, 5) is 8.30. The Balaban J connectivity index is 1.97. The van der Waals surface area contributed by atoms with Gasteiger partial charge in [0.25, 0.3) is 0 Å². The third kappa shape index (κ3) is 3.38. The van der Waals surface area contributed by atoms with Gasteiger partial charge in [0.15, 0.2) is 0 Å². The van der Waals surface area contributed by atoms with E-state index in [2.05, 4.69) is 9.97 Å². The summed E-state index contributed by atoms with van der Waals surface area (Å²) in [7, 11) is 0. The number of ether oxygens (including phenoxy) is 1. The van der Waals surface area contributed by atoms with Crippen LogP contribution in [0.3, 0.4) is 0 Å². The number of nitrogens with two attached hydrogens (primary N) is 1. The van der Waals surface area contributed by atoms with E-state index in [0.717, 1.165) is 5.56 Å². The van der Waals surface area contributed by atoms with Crippen LogP contribution in [0.4, 0.5) is 0 Å². The van der Waals surface area contributed by atoms with Gasteiger partial charge in [-0.15, -0.1) is 0 Å². The second-order valence-corrected chi connectivity index (χ2v) is 4.40. The fourth-order valence-electron chi connectivity index (χ4n) is 1.26. The second kappa shape index (κ2) is 5.75. The molecular weight excluding hydrogens is 270 g/mol. The number of halogens is 1. The summed E-state index contributed by atoms with van der Waals surface area (Å²) < 4.78 is 5.47. The van der Waals surface area contributed by atoms with Gasteiger partial charge in [-0.2, -0.15) is 0 Å². The lowest BCUT2D eigenvalue weighted by Crippen LogP contribution is -2.12. The Morgan fingerprint density at radius 2 is 1.94 bits per heavy atom. The third-order valence-electron chi connectivity index (χ3n) is 2.18. The standard InChI is InChI=1S/C12H10ClN3OS/c13-9-3-1-8(2-4-9)7-17-11-6-15-10(5-16-11)12(14)18/h1-6H,7H2,(H2,14,18). The number of hydrogen-bond donors (Lipinski definition) is 1. The molecule has 1 aromatic carbocycles. The molecule has 0 aliphatic heterocycles. The van der Waals surface area contributed by atoms with E-state index in [1.165, 1.54) is 12.4 Å². The van der Waals surface area contributed by atoms with Crippen molar-refractivity contribution < 1.29 is 4.74 Å². The van der Waals surface area contributed by atoms with Crippen molar-refractivity contribution in [1.82, 2.24) is 9.97 Å². The molecule has 4 nitrogen and oxygen atoms in total. The first kappa shape index (κ1) is 12.7. The summed E-state index contributed by atoms with van der Waals surface area (Å²) >= 11 is 10.6. The molecule has 0 aliphatic carbocycles. The Morgan fingerprint density at radius 3 is 2.50 bits per heavy atom. The van der Waals surface area contributed by atoms with Gasteiger partial charge < -0.3 is 10.5 Å². The zero-order chi connectivity index (χ0) is 13.0. The Kier molecular flexibility index (Phi) is 4.07. The van der Waals surface area contributed by atoms with Crippen LogP contribution in [0.25, 0.3) is 0 Å². The van der Waals surface area contributed by atoms with Crippen LogP contribution in [0.1, 0.15) is 11.3 Å². The lowest BCUT2D eigenvalue weighted by molar-refractivity contribution is 0.292. The Hall–Kier alpha value is -1.72. The third-order valence-corrected chi connectivity index (χ3v) is 2.64. The van der Waals surface area contributed by atoms with Crippen molar-refractivity contribution in [1.29, 1.82) is 0 Å². The molecule has 0 unspecified atom stereocenters. The van der Waals surface area contributed by atoms with E-state index in [-0.39, 0.29) is 4.99 Å². The molecule has 0 bridgehead atoms. The van der Waals surface area contributed by atoms with E-state index in [4.69, 9.17) is 34.3 Å². The van der Waals surface area contributed by atoms with Crippen molar-refractivity contribution in [2.45, 2.75) is 6.61 Å². The smallest absolute Gasteiger partial charge is 0.232 e. The SMILES string of the molecule is NC(=S)c1cnc(OCc2ccc(Cl)cc2)cn1. The molecule has 0 aliphatic rings. The van der Waals surface area contributed by atoms with Gasteiger partial charge >= 0.3 is 0 Å². The highest BCUT2D eigenvalue weighted by molar-refractivity contribution is 7.80. The van der Waals surface area contributed by atoms with E-state index in [1.54, 1.807) is 0 Å². The number of rotatable bonds is 4. The number of benzene rings is 1. The van der Waals surface area contributed by atoms with Gasteiger partial charge in [0.05, 0.1) is 12.4 Å². The summed E-state index contributed by atoms with van der Waals surface area (Å²) in [5, 5.41) is 0.694. The molecule has 0 radical (unpaired) electrons. The van der Waals surface area contributed by atoms with Crippen LogP contribution in [0, 0.1) is 0 Å². The van der Waals surface area contributed by atoms with Gasteiger partial charge in [-0.05, 0) is 17.7 Å². The molecule has 2 aromatic rings. The van der Waals surface area contributed by atoms with Crippen LogP contribution < -0.4 is 10.5 Å². The van der Waals surface area contributed by atoms with Crippen molar-refractivity contribution in [2.24, 2.45) is 5.73 Å². The van der Waals surface area contributed by atoms with Crippen LogP contribution in [0.15, 0.2) is 36.7 Å². The molecule has 18 heavy (non-hydrogen) atoms.